The van der Waals surface area contributed by atoms with Gasteiger partial charge >= 0.3 is 0 Å². The van der Waals surface area contributed by atoms with Crippen molar-refractivity contribution >= 4 is 23.2 Å². The van der Waals surface area contributed by atoms with Gasteiger partial charge in [-0.15, -0.1) is 6.58 Å². The highest BCUT2D eigenvalue weighted by Gasteiger charge is 2.07. The molecule has 1 aromatic rings. The first kappa shape index (κ1) is 10.6. The first-order valence-electron chi connectivity index (χ1n) is 3.89. The van der Waals surface area contributed by atoms with Crippen molar-refractivity contribution in [2.75, 3.05) is 0 Å². The van der Waals surface area contributed by atoms with E-state index in [1.165, 1.54) is 0 Å². The summed E-state index contributed by atoms with van der Waals surface area (Å²) in [7, 11) is 0. The molecule has 1 atom stereocenters. The molecule has 0 spiro atoms. The molecule has 13 heavy (non-hydrogen) atoms. The normalized spacial score (nSPS) is 12.5. The van der Waals surface area contributed by atoms with Gasteiger partial charge in [0.2, 0.25) is 0 Å². The quantitative estimate of drug-likeness (QED) is 0.767. The molecule has 0 amide bonds. The average Bonchev–Trinajstić information content (AvgIpc) is 2.10. The molecule has 0 aliphatic rings. The van der Waals surface area contributed by atoms with Gasteiger partial charge in [-0.2, -0.15) is 0 Å². The molecule has 0 aliphatic heterocycles. The molecule has 1 nitrogen and oxygen atoms in total. The Morgan fingerprint density at radius 2 is 2.08 bits per heavy atom. The molecule has 1 rings (SSSR count). The second-order valence-corrected chi connectivity index (χ2v) is 3.53. The molecule has 70 valence electrons. The van der Waals surface area contributed by atoms with Crippen LogP contribution in [0.2, 0.25) is 10.0 Å². The molecule has 0 fully saturated rings. The number of benzene rings is 1. The largest absolute Gasteiger partial charge is 0.388 e. The first-order valence-corrected chi connectivity index (χ1v) is 4.64. The van der Waals surface area contributed by atoms with Crippen LogP contribution in [0.5, 0.6) is 0 Å². The Morgan fingerprint density at radius 1 is 1.38 bits per heavy atom. The molecular weight excluding hydrogens is 207 g/mol. The van der Waals surface area contributed by atoms with Crippen LogP contribution in [0.4, 0.5) is 0 Å². The van der Waals surface area contributed by atoms with Gasteiger partial charge in [-0.1, -0.05) is 35.3 Å². The van der Waals surface area contributed by atoms with Crippen molar-refractivity contribution in [1.82, 2.24) is 0 Å². The van der Waals surface area contributed by atoms with Gasteiger partial charge in [-0.3, -0.25) is 0 Å². The maximum Gasteiger partial charge on any atom is 0.0824 e. The van der Waals surface area contributed by atoms with Gasteiger partial charge in [0, 0.05) is 0 Å². The monoisotopic (exact) mass is 216 g/mol. The second-order valence-electron chi connectivity index (χ2n) is 2.71. The molecule has 0 aliphatic carbocycles. The lowest BCUT2D eigenvalue weighted by molar-refractivity contribution is 0.181. The summed E-state index contributed by atoms with van der Waals surface area (Å²) in [4.78, 5) is 0. The third kappa shape index (κ3) is 2.73. The number of halogens is 2. The minimum Gasteiger partial charge on any atom is -0.388 e. The van der Waals surface area contributed by atoms with E-state index in [0.29, 0.717) is 16.5 Å². The van der Waals surface area contributed by atoms with Gasteiger partial charge in [0.15, 0.2) is 0 Å². The number of aliphatic hydroxyl groups excluding tert-OH is 1. The van der Waals surface area contributed by atoms with Gasteiger partial charge in [0.05, 0.1) is 16.1 Å². The molecule has 0 heterocycles. The lowest BCUT2D eigenvalue weighted by Gasteiger charge is -2.08. The highest BCUT2D eigenvalue weighted by Crippen LogP contribution is 2.26. The van der Waals surface area contributed by atoms with Crippen LogP contribution in [-0.2, 0) is 0 Å². The zero-order valence-corrected chi connectivity index (χ0v) is 8.52. The average molecular weight is 217 g/mol. The Labute approximate surface area is 87.6 Å². The predicted octanol–water partition coefficient (Wildman–Crippen LogP) is 3.60. The fraction of sp³-hybridized carbons (Fsp3) is 0.200. The van der Waals surface area contributed by atoms with E-state index in [9.17, 15) is 5.11 Å². The van der Waals surface area contributed by atoms with Crippen LogP contribution in [0, 0.1) is 0 Å². The molecular formula is C10H10Cl2O. The summed E-state index contributed by atoms with van der Waals surface area (Å²) in [5, 5.41) is 10.5. The topological polar surface area (TPSA) is 20.2 Å². The fourth-order valence-corrected chi connectivity index (χ4v) is 1.32. The molecule has 0 saturated carbocycles. The van der Waals surface area contributed by atoms with E-state index in [2.05, 4.69) is 6.58 Å². The third-order valence-corrected chi connectivity index (χ3v) is 2.46. The van der Waals surface area contributed by atoms with Gasteiger partial charge in [-0.25, -0.2) is 0 Å². The molecule has 0 saturated heterocycles. The number of hydrogen-bond donors (Lipinski definition) is 1. The summed E-state index contributed by atoms with van der Waals surface area (Å²) < 4.78 is 0. The molecule has 0 radical (unpaired) electrons. The summed E-state index contributed by atoms with van der Waals surface area (Å²) in [6.07, 6.45) is 1.62. The summed E-state index contributed by atoms with van der Waals surface area (Å²) >= 11 is 11.5. The van der Waals surface area contributed by atoms with Gasteiger partial charge < -0.3 is 5.11 Å². The second kappa shape index (κ2) is 4.66. The summed E-state index contributed by atoms with van der Waals surface area (Å²) in [5.41, 5.74) is 0.759. The number of rotatable bonds is 3. The first-order chi connectivity index (χ1) is 6.15. The molecule has 1 aromatic carbocycles. The lowest BCUT2D eigenvalue weighted by atomic mass is 10.1. The Morgan fingerprint density at radius 3 is 2.62 bits per heavy atom. The summed E-state index contributed by atoms with van der Waals surface area (Å²) in [6, 6.07) is 5.09. The van der Waals surface area contributed by atoms with Crippen LogP contribution in [0.3, 0.4) is 0 Å². The fourth-order valence-electron chi connectivity index (χ4n) is 1.01. The van der Waals surface area contributed by atoms with Crippen molar-refractivity contribution in [1.29, 1.82) is 0 Å². The standard InChI is InChI=1S/C10H10Cl2O/c1-2-3-10(13)7-4-5-8(11)9(12)6-7/h2,4-6,10,13H,1,3H2. The van der Waals surface area contributed by atoms with Gasteiger partial charge in [-0.05, 0) is 24.1 Å². The Bertz CT molecular complexity index is 310. The lowest BCUT2D eigenvalue weighted by Crippen LogP contribution is -1.94. The van der Waals surface area contributed by atoms with Crippen LogP contribution >= 0.6 is 23.2 Å². The maximum absolute atomic E-state index is 9.56. The summed E-state index contributed by atoms with van der Waals surface area (Å²) in [6.45, 7) is 3.55. The van der Waals surface area contributed by atoms with Crippen molar-refractivity contribution in [2.24, 2.45) is 0 Å². The van der Waals surface area contributed by atoms with E-state index >= 15 is 0 Å². The van der Waals surface area contributed by atoms with E-state index in [4.69, 9.17) is 23.2 Å². The van der Waals surface area contributed by atoms with Crippen molar-refractivity contribution in [2.45, 2.75) is 12.5 Å². The SMILES string of the molecule is C=CCC(O)c1ccc(Cl)c(Cl)c1. The number of hydrogen-bond acceptors (Lipinski definition) is 1. The minimum atomic E-state index is -0.549. The smallest absolute Gasteiger partial charge is 0.0824 e. The molecule has 3 heteroatoms. The van der Waals surface area contributed by atoms with Crippen molar-refractivity contribution in [3.63, 3.8) is 0 Å². The van der Waals surface area contributed by atoms with Crippen LogP contribution in [0.15, 0.2) is 30.9 Å². The Balaban J connectivity index is 2.89. The zero-order valence-electron chi connectivity index (χ0n) is 7.00. The van der Waals surface area contributed by atoms with Crippen molar-refractivity contribution < 1.29 is 5.11 Å². The van der Waals surface area contributed by atoms with Crippen LogP contribution in [0.1, 0.15) is 18.1 Å². The van der Waals surface area contributed by atoms with E-state index < -0.39 is 6.10 Å². The maximum atomic E-state index is 9.56. The molecule has 0 aromatic heterocycles. The van der Waals surface area contributed by atoms with E-state index in [1.54, 1.807) is 24.3 Å². The third-order valence-electron chi connectivity index (χ3n) is 1.72. The van der Waals surface area contributed by atoms with Crippen LogP contribution in [-0.4, -0.2) is 5.11 Å². The molecule has 1 unspecified atom stereocenters. The minimum absolute atomic E-state index is 0.460. The van der Waals surface area contributed by atoms with Crippen molar-refractivity contribution in [3.05, 3.63) is 46.5 Å². The zero-order chi connectivity index (χ0) is 9.84. The highest BCUT2D eigenvalue weighted by atomic mass is 35.5. The Kier molecular flexibility index (Phi) is 3.79. The van der Waals surface area contributed by atoms with Crippen LogP contribution < -0.4 is 0 Å². The molecule has 1 N–H and O–H groups in total. The summed E-state index contributed by atoms with van der Waals surface area (Å²) in [5.74, 6) is 0. The van der Waals surface area contributed by atoms with Gasteiger partial charge in [0.25, 0.3) is 0 Å². The van der Waals surface area contributed by atoms with Crippen molar-refractivity contribution in [3.8, 4) is 0 Å². The Hall–Kier alpha value is -0.500. The van der Waals surface area contributed by atoms with Crippen LogP contribution in [0.25, 0.3) is 0 Å². The molecule has 0 bridgehead atoms. The van der Waals surface area contributed by atoms with E-state index in [0.717, 1.165) is 5.56 Å². The van der Waals surface area contributed by atoms with E-state index in [1.807, 2.05) is 0 Å². The van der Waals surface area contributed by atoms with Gasteiger partial charge in [0.1, 0.15) is 0 Å². The van der Waals surface area contributed by atoms with E-state index in [-0.39, 0.29) is 0 Å². The highest BCUT2D eigenvalue weighted by molar-refractivity contribution is 6.42. The number of aliphatic hydroxyl groups is 1. The predicted molar refractivity (Wildman–Crippen MR) is 56.2 cm³/mol.